The number of carbonyl (C=O) groups is 1. The summed E-state index contributed by atoms with van der Waals surface area (Å²) in [7, 11) is 1.64. The average molecular weight is 278 g/mol. The van der Waals surface area contributed by atoms with Crippen molar-refractivity contribution in [1.82, 2.24) is 5.32 Å². The Morgan fingerprint density at radius 1 is 1.30 bits per heavy atom. The van der Waals surface area contributed by atoms with E-state index in [-0.39, 0.29) is 5.91 Å². The second kappa shape index (κ2) is 7.87. The maximum absolute atomic E-state index is 11.7. The molecule has 0 aliphatic carbocycles. The number of methoxy groups -OCH3 is 1. The van der Waals surface area contributed by atoms with Crippen LogP contribution in [-0.2, 0) is 9.53 Å². The van der Waals surface area contributed by atoms with E-state index in [1.807, 2.05) is 6.07 Å². The van der Waals surface area contributed by atoms with Gasteiger partial charge in [-0.25, -0.2) is 0 Å². The molecule has 1 aliphatic heterocycles. The van der Waals surface area contributed by atoms with Gasteiger partial charge in [-0.05, 0) is 12.1 Å². The molecule has 0 saturated carbocycles. The van der Waals surface area contributed by atoms with Crippen molar-refractivity contribution in [3.05, 3.63) is 30.3 Å². The number of amides is 1. The lowest BCUT2D eigenvalue weighted by Gasteiger charge is -2.33. The molecule has 1 aromatic carbocycles. The highest BCUT2D eigenvalue weighted by Crippen LogP contribution is 2.12. The molecular formula is C15H24N3O2+. The lowest BCUT2D eigenvalue weighted by molar-refractivity contribution is -0.892. The molecule has 2 rings (SSSR count). The van der Waals surface area contributed by atoms with Crippen molar-refractivity contribution in [3.8, 4) is 0 Å². The number of quaternary nitrogens is 1. The van der Waals surface area contributed by atoms with Crippen LogP contribution in [0.5, 0.6) is 0 Å². The number of piperazine rings is 1. The average Bonchev–Trinajstić information content (AvgIpc) is 2.49. The zero-order valence-corrected chi connectivity index (χ0v) is 12.1. The predicted molar refractivity (Wildman–Crippen MR) is 79.1 cm³/mol. The van der Waals surface area contributed by atoms with E-state index < -0.39 is 0 Å². The molecule has 1 aromatic rings. The van der Waals surface area contributed by atoms with Crippen LogP contribution in [0, 0.1) is 0 Å². The summed E-state index contributed by atoms with van der Waals surface area (Å²) in [5.41, 5.74) is 1.27. The van der Waals surface area contributed by atoms with Crippen molar-refractivity contribution in [2.75, 3.05) is 57.9 Å². The van der Waals surface area contributed by atoms with Crippen LogP contribution in [0.25, 0.3) is 0 Å². The second-order valence-electron chi connectivity index (χ2n) is 5.09. The topological polar surface area (TPSA) is 46.0 Å². The van der Waals surface area contributed by atoms with Crippen LogP contribution < -0.4 is 15.1 Å². The summed E-state index contributed by atoms with van der Waals surface area (Å²) in [5.74, 6) is 0.116. The van der Waals surface area contributed by atoms with Gasteiger partial charge in [0.1, 0.15) is 0 Å². The number of anilines is 1. The highest BCUT2D eigenvalue weighted by molar-refractivity contribution is 5.76. The van der Waals surface area contributed by atoms with Gasteiger partial charge < -0.3 is 19.9 Å². The van der Waals surface area contributed by atoms with Gasteiger partial charge in [-0.2, -0.15) is 0 Å². The maximum Gasteiger partial charge on any atom is 0.275 e. The third-order valence-corrected chi connectivity index (χ3v) is 3.63. The van der Waals surface area contributed by atoms with Gasteiger partial charge in [0.05, 0.1) is 32.8 Å². The van der Waals surface area contributed by atoms with Gasteiger partial charge in [0.2, 0.25) is 0 Å². The van der Waals surface area contributed by atoms with Crippen molar-refractivity contribution < 1.29 is 14.4 Å². The van der Waals surface area contributed by atoms with Crippen molar-refractivity contribution in [2.24, 2.45) is 0 Å². The number of carbonyl (C=O) groups excluding carboxylic acids is 1. The number of nitrogens with zero attached hydrogens (tertiary/aromatic N) is 1. The molecule has 5 heteroatoms. The van der Waals surface area contributed by atoms with Crippen LogP contribution in [0.15, 0.2) is 30.3 Å². The Bertz CT molecular complexity index is 403. The van der Waals surface area contributed by atoms with E-state index in [0.717, 1.165) is 26.2 Å². The summed E-state index contributed by atoms with van der Waals surface area (Å²) in [4.78, 5) is 15.5. The van der Waals surface area contributed by atoms with E-state index in [1.165, 1.54) is 10.6 Å². The highest BCUT2D eigenvalue weighted by Gasteiger charge is 2.21. The van der Waals surface area contributed by atoms with Gasteiger partial charge in [0.15, 0.2) is 6.54 Å². The molecule has 0 bridgehead atoms. The van der Waals surface area contributed by atoms with E-state index >= 15 is 0 Å². The molecule has 1 aliphatic rings. The highest BCUT2D eigenvalue weighted by atomic mass is 16.5. The van der Waals surface area contributed by atoms with Crippen LogP contribution >= 0.6 is 0 Å². The molecule has 1 fully saturated rings. The SMILES string of the molecule is COCCNC(=O)C[NH+]1CCN(c2ccccc2)CC1. The zero-order valence-electron chi connectivity index (χ0n) is 12.1. The zero-order chi connectivity index (χ0) is 14.2. The van der Waals surface area contributed by atoms with Crippen molar-refractivity contribution in [1.29, 1.82) is 0 Å². The van der Waals surface area contributed by atoms with Gasteiger partial charge in [-0.3, -0.25) is 4.79 Å². The monoisotopic (exact) mass is 278 g/mol. The Balaban J connectivity index is 1.70. The third-order valence-electron chi connectivity index (χ3n) is 3.63. The summed E-state index contributed by atoms with van der Waals surface area (Å²) in [5, 5.41) is 2.88. The number of benzene rings is 1. The first kappa shape index (κ1) is 14.8. The number of hydrogen-bond donors (Lipinski definition) is 2. The molecule has 110 valence electrons. The van der Waals surface area contributed by atoms with E-state index in [0.29, 0.717) is 19.7 Å². The fourth-order valence-electron chi connectivity index (χ4n) is 2.48. The van der Waals surface area contributed by atoms with E-state index in [9.17, 15) is 4.79 Å². The molecule has 5 nitrogen and oxygen atoms in total. The molecule has 1 saturated heterocycles. The minimum atomic E-state index is 0.116. The van der Waals surface area contributed by atoms with Gasteiger partial charge in [-0.15, -0.1) is 0 Å². The Hall–Kier alpha value is -1.59. The number of hydrogen-bond acceptors (Lipinski definition) is 3. The molecule has 0 spiro atoms. The normalized spacial score (nSPS) is 16.1. The summed E-state index contributed by atoms with van der Waals surface area (Å²) in [6.45, 7) is 5.75. The number of rotatable bonds is 6. The van der Waals surface area contributed by atoms with Gasteiger partial charge in [0.25, 0.3) is 5.91 Å². The van der Waals surface area contributed by atoms with Gasteiger partial charge in [-0.1, -0.05) is 18.2 Å². The first-order valence-electron chi connectivity index (χ1n) is 7.19. The quantitative estimate of drug-likeness (QED) is 0.667. The van der Waals surface area contributed by atoms with E-state index in [4.69, 9.17) is 4.74 Å². The molecule has 1 amide bonds. The Morgan fingerprint density at radius 3 is 2.65 bits per heavy atom. The molecule has 2 N–H and O–H groups in total. The first-order chi connectivity index (χ1) is 9.79. The summed E-state index contributed by atoms with van der Waals surface area (Å²) in [6, 6.07) is 10.5. The lowest BCUT2D eigenvalue weighted by Crippen LogP contribution is -3.16. The fraction of sp³-hybridized carbons (Fsp3) is 0.533. The number of para-hydroxylation sites is 1. The van der Waals surface area contributed by atoms with Crippen LogP contribution in [-0.4, -0.2) is 58.9 Å². The molecule has 0 radical (unpaired) electrons. The minimum absolute atomic E-state index is 0.116. The summed E-state index contributed by atoms with van der Waals surface area (Å²) < 4.78 is 4.92. The Morgan fingerprint density at radius 2 is 2.00 bits per heavy atom. The third kappa shape index (κ3) is 4.51. The molecule has 20 heavy (non-hydrogen) atoms. The van der Waals surface area contributed by atoms with E-state index in [1.54, 1.807) is 7.11 Å². The predicted octanol–water partition coefficient (Wildman–Crippen LogP) is -0.846. The van der Waals surface area contributed by atoms with Gasteiger partial charge >= 0.3 is 0 Å². The smallest absolute Gasteiger partial charge is 0.275 e. The standard InChI is InChI=1S/C15H23N3O2/c1-20-12-7-16-15(19)13-17-8-10-18(11-9-17)14-5-3-2-4-6-14/h2-6H,7-13H2,1H3,(H,16,19)/p+1. The maximum atomic E-state index is 11.7. The van der Waals surface area contributed by atoms with E-state index in [2.05, 4.69) is 34.5 Å². The van der Waals surface area contributed by atoms with Crippen molar-refractivity contribution in [3.63, 3.8) is 0 Å². The summed E-state index contributed by atoms with van der Waals surface area (Å²) in [6.07, 6.45) is 0. The van der Waals surface area contributed by atoms with Crippen molar-refractivity contribution in [2.45, 2.75) is 0 Å². The molecule has 0 aromatic heterocycles. The Labute approximate surface area is 120 Å². The number of ether oxygens (including phenoxy) is 1. The second-order valence-corrected chi connectivity index (χ2v) is 5.09. The fourth-order valence-corrected chi connectivity index (χ4v) is 2.48. The van der Waals surface area contributed by atoms with Crippen LogP contribution in [0.2, 0.25) is 0 Å². The largest absolute Gasteiger partial charge is 0.383 e. The molecule has 1 heterocycles. The Kier molecular flexibility index (Phi) is 5.83. The van der Waals surface area contributed by atoms with Crippen LogP contribution in [0.4, 0.5) is 5.69 Å². The first-order valence-corrected chi connectivity index (χ1v) is 7.19. The van der Waals surface area contributed by atoms with Crippen LogP contribution in [0.3, 0.4) is 0 Å². The molecule has 0 atom stereocenters. The number of nitrogens with one attached hydrogen (secondary N) is 2. The molecule has 0 unspecified atom stereocenters. The lowest BCUT2D eigenvalue weighted by atomic mass is 10.2. The van der Waals surface area contributed by atoms with Gasteiger partial charge in [0, 0.05) is 19.3 Å². The molecular weight excluding hydrogens is 254 g/mol. The minimum Gasteiger partial charge on any atom is -0.383 e. The van der Waals surface area contributed by atoms with Crippen LogP contribution in [0.1, 0.15) is 0 Å². The summed E-state index contributed by atoms with van der Waals surface area (Å²) >= 11 is 0. The van der Waals surface area contributed by atoms with Crippen molar-refractivity contribution >= 4 is 11.6 Å².